The Balaban J connectivity index is 2.40. The van der Waals surface area contributed by atoms with Gasteiger partial charge in [0.2, 0.25) is 0 Å². The summed E-state index contributed by atoms with van der Waals surface area (Å²) in [5, 5.41) is 10.1. The van der Waals surface area contributed by atoms with E-state index in [0.29, 0.717) is 13.1 Å². The summed E-state index contributed by atoms with van der Waals surface area (Å²) in [4.78, 5) is 10.3. The van der Waals surface area contributed by atoms with Crippen molar-refractivity contribution in [2.45, 2.75) is 6.42 Å². The molecule has 0 radical (unpaired) electrons. The molecule has 1 amide bonds. The predicted octanol–water partition coefficient (Wildman–Crippen LogP) is -0.240. The van der Waals surface area contributed by atoms with E-state index in [1.165, 1.54) is 0 Å². The molecule has 68 valence electrons. The van der Waals surface area contributed by atoms with Crippen LogP contribution in [0.25, 0.3) is 0 Å². The highest BCUT2D eigenvalue weighted by Gasteiger charge is 2.12. The van der Waals surface area contributed by atoms with E-state index >= 15 is 0 Å². The molecule has 5 nitrogen and oxygen atoms in total. The van der Waals surface area contributed by atoms with Gasteiger partial charge in [-0.2, -0.15) is 0 Å². The molecule has 1 aliphatic rings. The average Bonchev–Trinajstić information content (AvgIpc) is 2.03. The van der Waals surface area contributed by atoms with Gasteiger partial charge in [-0.1, -0.05) is 6.08 Å². The van der Waals surface area contributed by atoms with Crippen LogP contribution in [0.5, 0.6) is 0 Å². The normalized spacial score (nSPS) is 18.6. The molecule has 0 atom stereocenters. The number of carboxylic acid groups (broad SMARTS) is 1. The van der Waals surface area contributed by atoms with Crippen molar-refractivity contribution >= 4 is 6.09 Å². The number of nitrogens with zero attached hydrogens (tertiary/aromatic N) is 1. The van der Waals surface area contributed by atoms with Crippen LogP contribution in [0.2, 0.25) is 0 Å². The molecule has 0 aromatic carbocycles. The van der Waals surface area contributed by atoms with E-state index in [1.54, 1.807) is 5.01 Å². The van der Waals surface area contributed by atoms with Crippen LogP contribution in [-0.2, 0) is 0 Å². The maximum Gasteiger partial charge on any atom is 0.419 e. The summed E-state index contributed by atoms with van der Waals surface area (Å²) in [5.41, 5.74) is 8.80. The number of carbonyl (C=O) groups is 1. The molecular weight excluding hydrogens is 158 g/mol. The highest BCUT2D eigenvalue weighted by Crippen LogP contribution is 2.05. The predicted molar refractivity (Wildman–Crippen MR) is 44.5 cm³/mol. The number of nitrogens with two attached hydrogens (primary N) is 1. The van der Waals surface area contributed by atoms with Gasteiger partial charge < -0.3 is 10.8 Å². The van der Waals surface area contributed by atoms with Crippen molar-refractivity contribution in [3.05, 3.63) is 11.6 Å². The summed E-state index contributed by atoms with van der Waals surface area (Å²) in [5.74, 6) is 0. The van der Waals surface area contributed by atoms with Crippen molar-refractivity contribution in [2.24, 2.45) is 5.73 Å². The zero-order valence-electron chi connectivity index (χ0n) is 6.79. The second-order valence-electron chi connectivity index (χ2n) is 2.69. The number of nitrogens with one attached hydrogen (secondary N) is 1. The second kappa shape index (κ2) is 4.08. The van der Waals surface area contributed by atoms with Gasteiger partial charge in [-0.3, -0.25) is 5.43 Å². The molecule has 0 bridgehead atoms. The van der Waals surface area contributed by atoms with E-state index in [0.717, 1.165) is 18.5 Å². The van der Waals surface area contributed by atoms with Crippen LogP contribution in [-0.4, -0.2) is 35.8 Å². The van der Waals surface area contributed by atoms with Gasteiger partial charge >= 0.3 is 6.09 Å². The third-order valence-electron chi connectivity index (χ3n) is 1.74. The Kier molecular flexibility index (Phi) is 3.07. The molecule has 0 saturated carbocycles. The SMILES string of the molecule is NCC1=CCCN(NC(=O)O)C1. The third-order valence-corrected chi connectivity index (χ3v) is 1.74. The summed E-state index contributed by atoms with van der Waals surface area (Å²) in [6, 6.07) is 0. The summed E-state index contributed by atoms with van der Waals surface area (Å²) < 4.78 is 0. The van der Waals surface area contributed by atoms with Crippen LogP contribution >= 0.6 is 0 Å². The van der Waals surface area contributed by atoms with Gasteiger partial charge in [0.15, 0.2) is 0 Å². The number of hydrazine groups is 1. The number of hydrogen-bond donors (Lipinski definition) is 3. The zero-order valence-corrected chi connectivity index (χ0v) is 6.79. The van der Waals surface area contributed by atoms with Gasteiger partial charge in [0.05, 0.1) is 0 Å². The molecule has 0 aliphatic carbocycles. The van der Waals surface area contributed by atoms with Crippen molar-refractivity contribution in [3.63, 3.8) is 0 Å². The summed E-state index contributed by atoms with van der Waals surface area (Å²) in [6.45, 7) is 1.82. The summed E-state index contributed by atoms with van der Waals surface area (Å²) in [7, 11) is 0. The number of rotatable bonds is 2. The molecule has 1 heterocycles. The van der Waals surface area contributed by atoms with Gasteiger partial charge in [0.25, 0.3) is 0 Å². The Bertz CT molecular complexity index is 203. The average molecular weight is 171 g/mol. The van der Waals surface area contributed by atoms with Crippen molar-refractivity contribution in [3.8, 4) is 0 Å². The minimum Gasteiger partial charge on any atom is -0.464 e. The Morgan fingerprint density at radius 2 is 2.58 bits per heavy atom. The van der Waals surface area contributed by atoms with Gasteiger partial charge in [-0.25, -0.2) is 9.80 Å². The van der Waals surface area contributed by atoms with Crippen molar-refractivity contribution in [1.29, 1.82) is 0 Å². The van der Waals surface area contributed by atoms with E-state index in [9.17, 15) is 4.79 Å². The molecule has 4 N–H and O–H groups in total. The van der Waals surface area contributed by atoms with Crippen LogP contribution in [0.1, 0.15) is 6.42 Å². The fourth-order valence-electron chi connectivity index (χ4n) is 1.19. The molecule has 5 heteroatoms. The van der Waals surface area contributed by atoms with Crippen LogP contribution < -0.4 is 11.2 Å². The zero-order chi connectivity index (χ0) is 8.97. The Labute approximate surface area is 70.8 Å². The van der Waals surface area contributed by atoms with Gasteiger partial charge in [0.1, 0.15) is 0 Å². The lowest BCUT2D eigenvalue weighted by molar-refractivity contribution is 0.143. The van der Waals surface area contributed by atoms with Gasteiger partial charge in [-0.05, 0) is 12.0 Å². The highest BCUT2D eigenvalue weighted by atomic mass is 16.4. The van der Waals surface area contributed by atoms with E-state index in [-0.39, 0.29) is 0 Å². The second-order valence-corrected chi connectivity index (χ2v) is 2.69. The molecule has 0 unspecified atom stereocenters. The monoisotopic (exact) mass is 171 g/mol. The maximum absolute atomic E-state index is 10.3. The Morgan fingerprint density at radius 1 is 1.83 bits per heavy atom. The fraction of sp³-hybridized carbons (Fsp3) is 0.571. The molecule has 0 aromatic heterocycles. The van der Waals surface area contributed by atoms with Gasteiger partial charge in [-0.15, -0.1) is 0 Å². The van der Waals surface area contributed by atoms with Crippen molar-refractivity contribution < 1.29 is 9.90 Å². The topological polar surface area (TPSA) is 78.6 Å². The first-order valence-corrected chi connectivity index (χ1v) is 3.85. The van der Waals surface area contributed by atoms with Crippen molar-refractivity contribution in [1.82, 2.24) is 10.4 Å². The van der Waals surface area contributed by atoms with Crippen LogP contribution in [0.15, 0.2) is 11.6 Å². The first kappa shape index (κ1) is 9.02. The molecule has 1 aliphatic heterocycles. The molecule has 0 spiro atoms. The van der Waals surface area contributed by atoms with Crippen LogP contribution in [0.4, 0.5) is 4.79 Å². The Morgan fingerprint density at radius 3 is 3.17 bits per heavy atom. The lowest BCUT2D eigenvalue weighted by Gasteiger charge is -2.25. The van der Waals surface area contributed by atoms with E-state index in [4.69, 9.17) is 10.8 Å². The van der Waals surface area contributed by atoms with Crippen LogP contribution in [0.3, 0.4) is 0 Å². The molecule has 1 rings (SSSR count). The quantitative estimate of drug-likeness (QED) is 0.501. The first-order chi connectivity index (χ1) is 5.72. The number of hydrogen-bond acceptors (Lipinski definition) is 3. The smallest absolute Gasteiger partial charge is 0.419 e. The van der Waals surface area contributed by atoms with Crippen molar-refractivity contribution in [2.75, 3.05) is 19.6 Å². The Hall–Kier alpha value is -1.07. The molecular formula is C7H13N3O2. The minimum absolute atomic E-state index is 0.498. The summed E-state index contributed by atoms with van der Waals surface area (Å²) in [6.07, 6.45) is 1.89. The van der Waals surface area contributed by atoms with Crippen LogP contribution in [0, 0.1) is 0 Å². The van der Waals surface area contributed by atoms with E-state index < -0.39 is 6.09 Å². The molecule has 12 heavy (non-hydrogen) atoms. The summed E-state index contributed by atoms with van der Waals surface area (Å²) >= 11 is 0. The lowest BCUT2D eigenvalue weighted by Crippen LogP contribution is -2.45. The van der Waals surface area contributed by atoms with E-state index in [1.807, 2.05) is 0 Å². The maximum atomic E-state index is 10.3. The minimum atomic E-state index is -1.02. The standard InChI is InChI=1S/C7H13N3O2/c8-4-6-2-1-3-10(5-6)9-7(11)12/h2,9H,1,3-5,8H2,(H,11,12). The molecule has 0 aromatic rings. The van der Waals surface area contributed by atoms with Gasteiger partial charge in [0, 0.05) is 19.6 Å². The molecule has 0 fully saturated rings. The third kappa shape index (κ3) is 2.52. The first-order valence-electron chi connectivity index (χ1n) is 3.85. The highest BCUT2D eigenvalue weighted by molar-refractivity contribution is 5.63. The fourth-order valence-corrected chi connectivity index (χ4v) is 1.19. The number of amides is 1. The molecule has 0 saturated heterocycles. The van der Waals surface area contributed by atoms with E-state index in [2.05, 4.69) is 11.5 Å². The lowest BCUT2D eigenvalue weighted by atomic mass is 10.1. The largest absolute Gasteiger partial charge is 0.464 e.